The van der Waals surface area contributed by atoms with Gasteiger partial charge in [0.25, 0.3) is 0 Å². The van der Waals surface area contributed by atoms with Crippen LogP contribution in [0.1, 0.15) is 18.4 Å². The fourth-order valence-corrected chi connectivity index (χ4v) is 3.21. The van der Waals surface area contributed by atoms with E-state index in [2.05, 4.69) is 10.4 Å². The summed E-state index contributed by atoms with van der Waals surface area (Å²) in [6.07, 6.45) is 8.13. The van der Waals surface area contributed by atoms with Gasteiger partial charge >= 0.3 is 0 Å². The van der Waals surface area contributed by atoms with Crippen LogP contribution < -0.4 is 10.2 Å². The van der Waals surface area contributed by atoms with Gasteiger partial charge in [0.1, 0.15) is 0 Å². The fraction of sp³-hybridized carbons (Fsp3) is 0.136. The van der Waals surface area contributed by atoms with Crippen molar-refractivity contribution in [1.29, 1.82) is 0 Å². The van der Waals surface area contributed by atoms with E-state index in [4.69, 9.17) is 0 Å². The van der Waals surface area contributed by atoms with Gasteiger partial charge in [-0.15, -0.1) is 0 Å². The minimum absolute atomic E-state index is 0.0885. The Morgan fingerprint density at radius 3 is 2.64 bits per heavy atom. The molecule has 1 aromatic heterocycles. The maximum Gasteiger partial charge on any atom is 0.248 e. The van der Waals surface area contributed by atoms with Crippen molar-refractivity contribution in [2.45, 2.75) is 12.8 Å². The average molecular weight is 372 g/mol. The summed E-state index contributed by atoms with van der Waals surface area (Å²) in [4.78, 5) is 26.1. The number of benzene rings is 2. The van der Waals surface area contributed by atoms with Crippen LogP contribution in [0.3, 0.4) is 0 Å². The third kappa shape index (κ3) is 3.86. The average Bonchev–Trinajstić information content (AvgIpc) is 3.37. The van der Waals surface area contributed by atoms with Gasteiger partial charge in [0, 0.05) is 30.8 Å². The standard InChI is InChI=1S/C22H20N4O2/c27-21(13-12-17-15-23-26(16-17)18-7-2-1-3-8-18)24-19-9-4-5-10-20(19)25-14-6-11-22(25)28/h1-5,7-10,12-13,15-16H,6,11,14H2,(H,24,27)/b13-12+. The van der Waals surface area contributed by atoms with Gasteiger partial charge in [0.05, 0.1) is 23.3 Å². The fourth-order valence-electron chi connectivity index (χ4n) is 3.21. The molecule has 1 aliphatic heterocycles. The number of rotatable bonds is 5. The molecule has 0 atom stereocenters. The highest BCUT2D eigenvalue weighted by molar-refractivity contribution is 6.06. The Kier molecular flexibility index (Phi) is 5.01. The Hall–Kier alpha value is -3.67. The van der Waals surface area contributed by atoms with E-state index < -0.39 is 0 Å². The molecule has 2 heterocycles. The number of nitrogens with zero attached hydrogens (tertiary/aromatic N) is 3. The van der Waals surface area contributed by atoms with E-state index in [0.717, 1.165) is 23.4 Å². The number of carbonyl (C=O) groups is 2. The van der Waals surface area contributed by atoms with Crippen molar-refractivity contribution in [1.82, 2.24) is 9.78 Å². The Morgan fingerprint density at radius 1 is 1.07 bits per heavy atom. The molecule has 0 bridgehead atoms. The van der Waals surface area contributed by atoms with Gasteiger partial charge < -0.3 is 10.2 Å². The number of hydrogen-bond donors (Lipinski definition) is 1. The van der Waals surface area contributed by atoms with Crippen LogP contribution in [-0.4, -0.2) is 28.1 Å². The molecule has 3 aromatic rings. The highest BCUT2D eigenvalue weighted by Gasteiger charge is 2.23. The zero-order valence-electron chi connectivity index (χ0n) is 15.3. The smallest absolute Gasteiger partial charge is 0.248 e. The van der Waals surface area contributed by atoms with Gasteiger partial charge in [-0.3, -0.25) is 9.59 Å². The van der Waals surface area contributed by atoms with Gasteiger partial charge in [-0.25, -0.2) is 4.68 Å². The van der Waals surface area contributed by atoms with E-state index in [1.165, 1.54) is 6.08 Å². The second-order valence-electron chi connectivity index (χ2n) is 6.54. The Labute approximate surface area is 163 Å². The third-order valence-electron chi connectivity index (χ3n) is 4.58. The van der Waals surface area contributed by atoms with Crippen molar-refractivity contribution in [2.24, 2.45) is 0 Å². The van der Waals surface area contributed by atoms with Gasteiger partial charge in [-0.1, -0.05) is 30.3 Å². The lowest BCUT2D eigenvalue weighted by Crippen LogP contribution is -2.25. The summed E-state index contributed by atoms with van der Waals surface area (Å²) in [6.45, 7) is 0.681. The molecule has 28 heavy (non-hydrogen) atoms. The zero-order valence-corrected chi connectivity index (χ0v) is 15.3. The third-order valence-corrected chi connectivity index (χ3v) is 4.58. The highest BCUT2D eigenvalue weighted by atomic mass is 16.2. The van der Waals surface area contributed by atoms with E-state index >= 15 is 0 Å². The molecule has 0 aliphatic carbocycles. The van der Waals surface area contributed by atoms with Gasteiger partial charge in [-0.2, -0.15) is 5.10 Å². The number of aromatic nitrogens is 2. The predicted molar refractivity (Wildman–Crippen MR) is 109 cm³/mol. The molecule has 0 radical (unpaired) electrons. The molecule has 4 rings (SSSR count). The summed E-state index contributed by atoms with van der Waals surface area (Å²) in [7, 11) is 0. The van der Waals surface area contributed by atoms with Crippen LogP contribution in [0.15, 0.2) is 73.1 Å². The normalized spacial score (nSPS) is 14.0. The van der Waals surface area contributed by atoms with Crippen LogP contribution >= 0.6 is 0 Å². The van der Waals surface area contributed by atoms with E-state index in [-0.39, 0.29) is 11.8 Å². The van der Waals surface area contributed by atoms with Crippen molar-refractivity contribution < 1.29 is 9.59 Å². The van der Waals surface area contributed by atoms with E-state index in [1.807, 2.05) is 54.7 Å². The van der Waals surface area contributed by atoms with Crippen molar-refractivity contribution in [3.63, 3.8) is 0 Å². The molecule has 1 aliphatic rings. The number of anilines is 2. The molecule has 140 valence electrons. The molecular weight excluding hydrogens is 352 g/mol. The molecule has 1 saturated heterocycles. The second-order valence-corrected chi connectivity index (χ2v) is 6.54. The molecule has 2 aromatic carbocycles. The van der Waals surface area contributed by atoms with Crippen molar-refractivity contribution in [3.8, 4) is 5.69 Å². The maximum atomic E-state index is 12.4. The molecule has 6 heteroatoms. The topological polar surface area (TPSA) is 67.2 Å². The number of hydrogen-bond acceptors (Lipinski definition) is 3. The molecule has 6 nitrogen and oxygen atoms in total. The Morgan fingerprint density at radius 2 is 1.86 bits per heavy atom. The van der Waals surface area contributed by atoms with Crippen LogP contribution in [0.2, 0.25) is 0 Å². The summed E-state index contributed by atoms with van der Waals surface area (Å²) in [5.41, 5.74) is 3.15. The summed E-state index contributed by atoms with van der Waals surface area (Å²) in [5, 5.41) is 7.18. The lowest BCUT2D eigenvalue weighted by molar-refractivity contribution is -0.117. The Balaban J connectivity index is 1.45. The maximum absolute atomic E-state index is 12.4. The lowest BCUT2D eigenvalue weighted by Gasteiger charge is -2.19. The molecule has 0 spiro atoms. The number of carbonyl (C=O) groups excluding carboxylic acids is 2. The van der Waals surface area contributed by atoms with Crippen LogP contribution in [0, 0.1) is 0 Å². The minimum Gasteiger partial charge on any atom is -0.321 e. The number of nitrogens with one attached hydrogen (secondary N) is 1. The van der Waals surface area contributed by atoms with E-state index in [1.54, 1.807) is 27.9 Å². The highest BCUT2D eigenvalue weighted by Crippen LogP contribution is 2.29. The van der Waals surface area contributed by atoms with Crippen molar-refractivity contribution in [3.05, 3.63) is 78.6 Å². The van der Waals surface area contributed by atoms with Gasteiger partial charge in [0.2, 0.25) is 11.8 Å². The quantitative estimate of drug-likeness (QED) is 0.695. The van der Waals surface area contributed by atoms with Crippen LogP contribution in [0.5, 0.6) is 0 Å². The van der Waals surface area contributed by atoms with Gasteiger partial charge in [-0.05, 0) is 36.8 Å². The van der Waals surface area contributed by atoms with E-state index in [0.29, 0.717) is 18.7 Å². The number of amides is 2. The zero-order chi connectivity index (χ0) is 19.3. The van der Waals surface area contributed by atoms with Gasteiger partial charge in [0.15, 0.2) is 0 Å². The monoisotopic (exact) mass is 372 g/mol. The van der Waals surface area contributed by atoms with Crippen LogP contribution in [-0.2, 0) is 9.59 Å². The van der Waals surface area contributed by atoms with Crippen molar-refractivity contribution >= 4 is 29.3 Å². The lowest BCUT2D eigenvalue weighted by atomic mass is 10.2. The first-order valence-corrected chi connectivity index (χ1v) is 9.19. The van der Waals surface area contributed by atoms with Crippen LogP contribution in [0.4, 0.5) is 11.4 Å². The number of para-hydroxylation sites is 3. The first-order valence-electron chi connectivity index (χ1n) is 9.19. The first kappa shape index (κ1) is 17.7. The van der Waals surface area contributed by atoms with E-state index in [9.17, 15) is 9.59 Å². The molecular formula is C22H20N4O2. The SMILES string of the molecule is O=C(/C=C/c1cnn(-c2ccccc2)c1)Nc1ccccc1N1CCCC1=O. The molecule has 2 amide bonds. The summed E-state index contributed by atoms with van der Waals surface area (Å²) >= 11 is 0. The summed E-state index contributed by atoms with van der Waals surface area (Å²) < 4.78 is 1.76. The largest absolute Gasteiger partial charge is 0.321 e. The second kappa shape index (κ2) is 7.92. The summed E-state index contributed by atoms with van der Waals surface area (Å²) in [6, 6.07) is 17.1. The molecule has 1 fully saturated rings. The minimum atomic E-state index is -0.258. The molecule has 0 saturated carbocycles. The van der Waals surface area contributed by atoms with Crippen LogP contribution in [0.25, 0.3) is 11.8 Å². The predicted octanol–water partition coefficient (Wildman–Crippen LogP) is 3.65. The molecule has 0 unspecified atom stereocenters. The Bertz CT molecular complexity index is 1020. The first-order chi connectivity index (χ1) is 13.7. The van der Waals surface area contributed by atoms with Crippen molar-refractivity contribution in [2.75, 3.05) is 16.8 Å². The summed E-state index contributed by atoms with van der Waals surface area (Å²) in [5.74, 6) is -0.169. The molecule has 1 N–H and O–H groups in total.